The number of para-hydroxylation sites is 1. The summed E-state index contributed by atoms with van der Waals surface area (Å²) in [6.07, 6.45) is 2.68. The first-order chi connectivity index (χ1) is 10.5. The minimum atomic E-state index is -0.369. The molecule has 2 aromatic rings. The van der Waals surface area contributed by atoms with Gasteiger partial charge in [0.25, 0.3) is 0 Å². The fraction of sp³-hybridized carbons (Fsp3) is 0.412. The van der Waals surface area contributed by atoms with Crippen LogP contribution in [0.25, 0.3) is 0 Å². The largest absolute Gasteiger partial charge is 0.487 e. The summed E-state index contributed by atoms with van der Waals surface area (Å²) < 4.78 is 20.4. The van der Waals surface area contributed by atoms with Crippen molar-refractivity contribution in [1.82, 2.24) is 9.97 Å². The number of benzene rings is 1. The third-order valence-corrected chi connectivity index (χ3v) is 3.88. The zero-order chi connectivity index (χ0) is 15.7. The van der Waals surface area contributed by atoms with Crippen molar-refractivity contribution in [1.29, 1.82) is 0 Å². The molecule has 0 saturated heterocycles. The highest BCUT2D eigenvalue weighted by Gasteiger charge is 2.34. The van der Waals surface area contributed by atoms with Crippen LogP contribution in [0.15, 0.2) is 30.6 Å². The first-order valence-electron chi connectivity index (χ1n) is 7.54. The lowest BCUT2D eigenvalue weighted by atomic mass is 9.89. The van der Waals surface area contributed by atoms with Gasteiger partial charge in [0.05, 0.1) is 11.7 Å². The van der Waals surface area contributed by atoms with E-state index >= 15 is 0 Å². The molecule has 1 atom stereocenters. The van der Waals surface area contributed by atoms with Gasteiger partial charge >= 0.3 is 0 Å². The standard InChI is InChI=1S/C17H20FN3O/c1-4-12-15(18)16(20-10-19-12)21-13-9-17(2,3)22-14-8-6-5-7-11(13)14/h5-8,10,13H,4,9H2,1-3H3,(H,19,20,21). The predicted molar refractivity (Wildman–Crippen MR) is 83.5 cm³/mol. The summed E-state index contributed by atoms with van der Waals surface area (Å²) in [6, 6.07) is 7.80. The van der Waals surface area contributed by atoms with E-state index in [-0.39, 0.29) is 23.3 Å². The molecule has 3 rings (SSSR count). The van der Waals surface area contributed by atoms with Gasteiger partial charge in [0, 0.05) is 12.0 Å². The second kappa shape index (κ2) is 5.55. The third kappa shape index (κ3) is 2.75. The summed E-state index contributed by atoms with van der Waals surface area (Å²) in [5.41, 5.74) is 1.14. The molecule has 0 spiro atoms. The maximum absolute atomic E-state index is 14.4. The molecule has 1 unspecified atom stereocenters. The Kier molecular flexibility index (Phi) is 3.72. The fourth-order valence-corrected chi connectivity index (χ4v) is 2.85. The highest BCUT2D eigenvalue weighted by Crippen LogP contribution is 2.40. The topological polar surface area (TPSA) is 47.0 Å². The molecule has 0 aliphatic carbocycles. The molecule has 1 aliphatic heterocycles. The van der Waals surface area contributed by atoms with E-state index in [4.69, 9.17) is 4.74 Å². The summed E-state index contributed by atoms with van der Waals surface area (Å²) in [6.45, 7) is 5.94. The Morgan fingerprint density at radius 1 is 1.32 bits per heavy atom. The number of aryl methyl sites for hydroxylation is 1. The van der Waals surface area contributed by atoms with Gasteiger partial charge in [-0.25, -0.2) is 14.4 Å². The number of hydrogen-bond acceptors (Lipinski definition) is 4. The lowest BCUT2D eigenvalue weighted by Crippen LogP contribution is -2.37. The maximum atomic E-state index is 14.4. The van der Waals surface area contributed by atoms with Crippen LogP contribution in [0, 0.1) is 5.82 Å². The molecule has 0 fully saturated rings. The summed E-state index contributed by atoms with van der Waals surface area (Å²) >= 11 is 0. The van der Waals surface area contributed by atoms with Gasteiger partial charge in [-0.2, -0.15) is 0 Å². The molecule has 116 valence electrons. The first kappa shape index (κ1) is 14.8. The van der Waals surface area contributed by atoms with Gasteiger partial charge < -0.3 is 10.1 Å². The number of halogens is 1. The lowest BCUT2D eigenvalue weighted by molar-refractivity contribution is 0.0758. The lowest BCUT2D eigenvalue weighted by Gasteiger charge is -2.38. The van der Waals surface area contributed by atoms with Gasteiger partial charge in [-0.1, -0.05) is 25.1 Å². The van der Waals surface area contributed by atoms with E-state index in [2.05, 4.69) is 15.3 Å². The number of rotatable bonds is 3. The Morgan fingerprint density at radius 2 is 2.09 bits per heavy atom. The molecule has 1 aromatic heterocycles. The van der Waals surface area contributed by atoms with Crippen molar-refractivity contribution in [2.45, 2.75) is 45.3 Å². The molecule has 0 bridgehead atoms. The van der Waals surface area contributed by atoms with Crippen LogP contribution in [0.4, 0.5) is 10.2 Å². The van der Waals surface area contributed by atoms with Gasteiger partial charge in [-0.15, -0.1) is 0 Å². The Morgan fingerprint density at radius 3 is 2.86 bits per heavy atom. The van der Waals surface area contributed by atoms with Crippen molar-refractivity contribution in [3.63, 3.8) is 0 Å². The summed E-state index contributed by atoms with van der Waals surface area (Å²) in [5, 5.41) is 3.23. The number of anilines is 1. The fourth-order valence-electron chi connectivity index (χ4n) is 2.85. The number of aromatic nitrogens is 2. The Balaban J connectivity index is 1.95. The molecule has 1 N–H and O–H groups in total. The second-order valence-corrected chi connectivity index (χ2v) is 6.14. The zero-order valence-electron chi connectivity index (χ0n) is 13.1. The molecule has 5 heteroatoms. The van der Waals surface area contributed by atoms with Crippen LogP contribution in [-0.4, -0.2) is 15.6 Å². The van der Waals surface area contributed by atoms with E-state index < -0.39 is 0 Å². The molecular formula is C17H20FN3O. The molecule has 4 nitrogen and oxygen atoms in total. The van der Waals surface area contributed by atoms with Crippen molar-refractivity contribution in [2.24, 2.45) is 0 Å². The van der Waals surface area contributed by atoms with Crippen molar-refractivity contribution < 1.29 is 9.13 Å². The van der Waals surface area contributed by atoms with Crippen LogP contribution in [0.1, 0.15) is 44.5 Å². The third-order valence-electron chi connectivity index (χ3n) is 3.88. The summed E-state index contributed by atoms with van der Waals surface area (Å²) in [5.74, 6) is 0.720. The molecule has 1 aliphatic rings. The minimum Gasteiger partial charge on any atom is -0.487 e. The second-order valence-electron chi connectivity index (χ2n) is 6.14. The van der Waals surface area contributed by atoms with Crippen molar-refractivity contribution in [3.8, 4) is 5.75 Å². The van der Waals surface area contributed by atoms with Gasteiger partial charge in [-0.05, 0) is 26.3 Å². The molecule has 0 saturated carbocycles. The Labute approximate surface area is 129 Å². The highest BCUT2D eigenvalue weighted by atomic mass is 19.1. The van der Waals surface area contributed by atoms with E-state index in [1.165, 1.54) is 6.33 Å². The van der Waals surface area contributed by atoms with E-state index in [1.54, 1.807) is 0 Å². The van der Waals surface area contributed by atoms with E-state index in [9.17, 15) is 4.39 Å². The van der Waals surface area contributed by atoms with Crippen LogP contribution < -0.4 is 10.1 Å². The quantitative estimate of drug-likeness (QED) is 0.934. The maximum Gasteiger partial charge on any atom is 0.186 e. The number of hydrogen-bond donors (Lipinski definition) is 1. The average Bonchev–Trinajstić information content (AvgIpc) is 2.48. The van der Waals surface area contributed by atoms with Crippen LogP contribution in [-0.2, 0) is 6.42 Å². The zero-order valence-corrected chi connectivity index (χ0v) is 13.1. The molecule has 0 radical (unpaired) electrons. The van der Waals surface area contributed by atoms with Crippen molar-refractivity contribution in [2.75, 3.05) is 5.32 Å². The minimum absolute atomic E-state index is 0.0472. The van der Waals surface area contributed by atoms with Crippen LogP contribution in [0.5, 0.6) is 5.75 Å². The van der Waals surface area contributed by atoms with Crippen LogP contribution >= 0.6 is 0 Å². The van der Waals surface area contributed by atoms with E-state index in [0.29, 0.717) is 12.1 Å². The van der Waals surface area contributed by atoms with E-state index in [1.807, 2.05) is 45.0 Å². The smallest absolute Gasteiger partial charge is 0.186 e. The molecule has 22 heavy (non-hydrogen) atoms. The number of nitrogens with one attached hydrogen (secondary N) is 1. The van der Waals surface area contributed by atoms with Crippen LogP contribution in [0.3, 0.4) is 0 Å². The van der Waals surface area contributed by atoms with Gasteiger partial charge in [0.1, 0.15) is 17.7 Å². The Bertz CT molecular complexity index is 687. The van der Waals surface area contributed by atoms with Crippen molar-refractivity contribution >= 4 is 5.82 Å². The molecular weight excluding hydrogens is 281 g/mol. The molecule has 1 aromatic carbocycles. The molecule has 0 amide bonds. The summed E-state index contributed by atoms with van der Waals surface area (Å²) in [4.78, 5) is 8.04. The van der Waals surface area contributed by atoms with Gasteiger partial charge in [0.2, 0.25) is 0 Å². The average molecular weight is 301 g/mol. The predicted octanol–water partition coefficient (Wildman–Crippen LogP) is 3.89. The van der Waals surface area contributed by atoms with Crippen molar-refractivity contribution in [3.05, 3.63) is 47.7 Å². The number of ether oxygens (including phenoxy) is 1. The van der Waals surface area contributed by atoms with Crippen LogP contribution in [0.2, 0.25) is 0 Å². The monoisotopic (exact) mass is 301 g/mol. The first-order valence-corrected chi connectivity index (χ1v) is 7.54. The van der Waals surface area contributed by atoms with E-state index in [0.717, 1.165) is 17.7 Å². The molecule has 2 heterocycles. The van der Waals surface area contributed by atoms with Gasteiger partial charge in [0.15, 0.2) is 11.6 Å². The normalized spacial score (nSPS) is 19.2. The summed E-state index contributed by atoms with van der Waals surface area (Å²) in [7, 11) is 0. The number of nitrogens with zero attached hydrogens (tertiary/aromatic N) is 2. The highest BCUT2D eigenvalue weighted by molar-refractivity contribution is 5.46. The Hall–Kier alpha value is -2.17. The van der Waals surface area contributed by atoms with Gasteiger partial charge in [-0.3, -0.25) is 0 Å². The SMILES string of the molecule is CCc1ncnc(NC2CC(C)(C)Oc3ccccc32)c1F. The number of fused-ring (bicyclic) bond motifs is 1.